The first-order chi connectivity index (χ1) is 3.93. The van der Waals surface area contributed by atoms with Gasteiger partial charge in [0.1, 0.15) is 0 Å². The topological polar surface area (TPSA) is 0 Å². The minimum Gasteiger partial charge on any atom is -0.103 e. The fourth-order valence-electron chi connectivity index (χ4n) is 1.19. The van der Waals surface area contributed by atoms with Gasteiger partial charge in [-0.05, 0) is 38.0 Å². The van der Waals surface area contributed by atoms with Crippen LogP contribution in [0.15, 0.2) is 12.7 Å². The molecule has 0 amide bonds. The molecule has 1 aliphatic carbocycles. The van der Waals surface area contributed by atoms with Crippen molar-refractivity contribution < 1.29 is 0 Å². The highest BCUT2D eigenvalue weighted by Crippen LogP contribution is 2.22. The van der Waals surface area contributed by atoms with Crippen LogP contribution in [0, 0.1) is 12.3 Å². The third kappa shape index (κ3) is 1.36. The lowest BCUT2D eigenvalue weighted by Crippen LogP contribution is -2.02. The lowest BCUT2D eigenvalue weighted by Gasteiger charge is -2.16. The average Bonchev–Trinajstić information content (AvgIpc) is 1.90. The second kappa shape index (κ2) is 2.91. The Balaban J connectivity index is 2.22. The van der Waals surface area contributed by atoms with Crippen molar-refractivity contribution in [2.75, 3.05) is 0 Å². The highest BCUT2D eigenvalue weighted by molar-refractivity contribution is 4.86. The van der Waals surface area contributed by atoms with E-state index in [2.05, 4.69) is 19.1 Å². The number of rotatable bonds is 1. The van der Waals surface area contributed by atoms with Gasteiger partial charge in [0.15, 0.2) is 0 Å². The summed E-state index contributed by atoms with van der Waals surface area (Å²) in [5.74, 6) is 0.819. The third-order valence-corrected chi connectivity index (χ3v) is 1.82. The van der Waals surface area contributed by atoms with Gasteiger partial charge in [0, 0.05) is 0 Å². The smallest absolute Gasteiger partial charge is 0.0236 e. The quantitative estimate of drug-likeness (QED) is 0.454. The predicted molar refractivity (Wildman–Crippen MR) is 36.5 cm³/mol. The van der Waals surface area contributed by atoms with E-state index in [9.17, 15) is 0 Å². The minimum absolute atomic E-state index is 0.819. The van der Waals surface area contributed by atoms with Gasteiger partial charge >= 0.3 is 0 Å². The summed E-state index contributed by atoms with van der Waals surface area (Å²) >= 11 is 0. The summed E-state index contributed by atoms with van der Waals surface area (Å²) in [4.78, 5) is 0. The largest absolute Gasteiger partial charge is 0.103 e. The molecule has 1 saturated carbocycles. The SMILES string of the molecule is C=CC1CC[CH]CC1. The van der Waals surface area contributed by atoms with Gasteiger partial charge in [-0.25, -0.2) is 0 Å². The highest BCUT2D eigenvalue weighted by Gasteiger charge is 2.08. The molecule has 0 spiro atoms. The fraction of sp³-hybridized carbons (Fsp3) is 0.625. The maximum Gasteiger partial charge on any atom is -0.0236 e. The minimum atomic E-state index is 0.819. The van der Waals surface area contributed by atoms with Crippen molar-refractivity contribution in [3.63, 3.8) is 0 Å². The summed E-state index contributed by atoms with van der Waals surface area (Å²) in [5, 5.41) is 0. The molecule has 0 aromatic heterocycles. The summed E-state index contributed by atoms with van der Waals surface area (Å²) in [6.45, 7) is 3.77. The standard InChI is InChI=1S/C8H13/c1-2-8-6-4-3-5-7-8/h2-3,8H,1,4-7H2. The van der Waals surface area contributed by atoms with E-state index < -0.39 is 0 Å². The molecule has 0 aromatic rings. The lowest BCUT2D eigenvalue weighted by molar-refractivity contribution is 0.484. The van der Waals surface area contributed by atoms with E-state index >= 15 is 0 Å². The molecular weight excluding hydrogens is 96.1 g/mol. The Morgan fingerprint density at radius 1 is 1.38 bits per heavy atom. The molecule has 0 unspecified atom stereocenters. The Labute approximate surface area is 51.6 Å². The van der Waals surface area contributed by atoms with E-state index in [1.807, 2.05) is 0 Å². The molecule has 0 aliphatic heterocycles. The van der Waals surface area contributed by atoms with Crippen molar-refractivity contribution in [1.29, 1.82) is 0 Å². The zero-order valence-electron chi connectivity index (χ0n) is 5.27. The average molecular weight is 109 g/mol. The van der Waals surface area contributed by atoms with E-state index in [0.717, 1.165) is 5.92 Å². The van der Waals surface area contributed by atoms with E-state index in [0.29, 0.717) is 0 Å². The summed E-state index contributed by atoms with van der Waals surface area (Å²) in [7, 11) is 0. The van der Waals surface area contributed by atoms with Crippen LogP contribution in [0.25, 0.3) is 0 Å². The van der Waals surface area contributed by atoms with Gasteiger partial charge in [-0.3, -0.25) is 0 Å². The van der Waals surface area contributed by atoms with Crippen molar-refractivity contribution in [3.8, 4) is 0 Å². The normalized spacial score (nSPS) is 23.0. The van der Waals surface area contributed by atoms with Crippen LogP contribution in [-0.2, 0) is 0 Å². The van der Waals surface area contributed by atoms with Crippen molar-refractivity contribution in [2.45, 2.75) is 25.7 Å². The Kier molecular flexibility index (Phi) is 2.13. The van der Waals surface area contributed by atoms with Gasteiger partial charge < -0.3 is 0 Å². The lowest BCUT2D eigenvalue weighted by atomic mass is 9.90. The van der Waals surface area contributed by atoms with Crippen LogP contribution >= 0.6 is 0 Å². The second-order valence-electron chi connectivity index (χ2n) is 2.44. The molecule has 0 atom stereocenters. The maximum absolute atomic E-state index is 3.77. The van der Waals surface area contributed by atoms with E-state index in [4.69, 9.17) is 0 Å². The van der Waals surface area contributed by atoms with Gasteiger partial charge in [-0.2, -0.15) is 0 Å². The summed E-state index contributed by atoms with van der Waals surface area (Å²) in [5.41, 5.74) is 0. The molecule has 45 valence electrons. The van der Waals surface area contributed by atoms with Crippen molar-refractivity contribution >= 4 is 0 Å². The van der Waals surface area contributed by atoms with Crippen LogP contribution < -0.4 is 0 Å². The van der Waals surface area contributed by atoms with Gasteiger partial charge in [0.05, 0.1) is 0 Å². The van der Waals surface area contributed by atoms with E-state index in [1.165, 1.54) is 25.7 Å². The molecule has 1 rings (SSSR count). The molecule has 0 heteroatoms. The number of hydrogen-bond donors (Lipinski definition) is 0. The Morgan fingerprint density at radius 3 is 2.38 bits per heavy atom. The van der Waals surface area contributed by atoms with Crippen LogP contribution in [0.3, 0.4) is 0 Å². The van der Waals surface area contributed by atoms with Gasteiger partial charge in [-0.15, -0.1) is 6.58 Å². The van der Waals surface area contributed by atoms with Gasteiger partial charge in [0.25, 0.3) is 0 Å². The Morgan fingerprint density at radius 2 is 2.00 bits per heavy atom. The summed E-state index contributed by atoms with van der Waals surface area (Å²) in [6.07, 6.45) is 9.74. The molecule has 1 fully saturated rings. The second-order valence-corrected chi connectivity index (χ2v) is 2.44. The zero-order valence-corrected chi connectivity index (χ0v) is 5.27. The highest BCUT2D eigenvalue weighted by atomic mass is 14.1. The van der Waals surface area contributed by atoms with Crippen LogP contribution in [0.5, 0.6) is 0 Å². The molecule has 8 heavy (non-hydrogen) atoms. The van der Waals surface area contributed by atoms with E-state index in [1.54, 1.807) is 0 Å². The molecule has 0 nitrogen and oxygen atoms in total. The Hall–Kier alpha value is -0.260. The third-order valence-electron chi connectivity index (χ3n) is 1.82. The number of allylic oxidation sites excluding steroid dienone is 1. The predicted octanol–water partition coefficient (Wildman–Crippen LogP) is 2.57. The van der Waals surface area contributed by atoms with Crippen LogP contribution in [-0.4, -0.2) is 0 Å². The van der Waals surface area contributed by atoms with Crippen molar-refractivity contribution in [1.82, 2.24) is 0 Å². The first-order valence-electron chi connectivity index (χ1n) is 3.37. The Bertz CT molecular complexity index is 68.1. The molecule has 0 bridgehead atoms. The summed E-state index contributed by atoms with van der Waals surface area (Å²) in [6, 6.07) is 0. The molecule has 1 radical (unpaired) electrons. The molecule has 0 heterocycles. The van der Waals surface area contributed by atoms with Crippen LogP contribution in [0.1, 0.15) is 25.7 Å². The molecular formula is C8H13. The fourth-order valence-corrected chi connectivity index (χ4v) is 1.19. The van der Waals surface area contributed by atoms with Gasteiger partial charge in [-0.1, -0.05) is 6.08 Å². The molecule has 0 aromatic carbocycles. The molecule has 0 N–H and O–H groups in total. The monoisotopic (exact) mass is 109 g/mol. The number of hydrogen-bond acceptors (Lipinski definition) is 0. The first kappa shape index (κ1) is 5.87. The summed E-state index contributed by atoms with van der Waals surface area (Å²) < 4.78 is 0. The van der Waals surface area contributed by atoms with E-state index in [-0.39, 0.29) is 0 Å². The van der Waals surface area contributed by atoms with Crippen molar-refractivity contribution in [2.24, 2.45) is 5.92 Å². The molecule has 0 saturated heterocycles. The van der Waals surface area contributed by atoms with Crippen molar-refractivity contribution in [3.05, 3.63) is 19.1 Å². The first-order valence-corrected chi connectivity index (χ1v) is 3.37. The van der Waals surface area contributed by atoms with Crippen LogP contribution in [0.2, 0.25) is 0 Å². The van der Waals surface area contributed by atoms with Gasteiger partial charge in [0.2, 0.25) is 0 Å². The molecule has 1 aliphatic rings. The maximum atomic E-state index is 3.77. The zero-order chi connectivity index (χ0) is 5.82. The van der Waals surface area contributed by atoms with Crippen LogP contribution in [0.4, 0.5) is 0 Å².